The Balaban J connectivity index is 0.00000300. The zero-order valence-electron chi connectivity index (χ0n) is 16.4. The number of hydrogen-bond acceptors (Lipinski definition) is 3. The summed E-state index contributed by atoms with van der Waals surface area (Å²) in [5.41, 5.74) is 4.28. The molecule has 0 aliphatic rings. The predicted octanol–water partition coefficient (Wildman–Crippen LogP) is 4.32. The summed E-state index contributed by atoms with van der Waals surface area (Å²) in [6.07, 6.45) is 1.48. The monoisotopic (exact) mass is 504 g/mol. The normalized spacial score (nSPS) is 10.8. The molecule has 152 valence electrons. The molecule has 0 fully saturated rings. The fourth-order valence-corrected chi connectivity index (χ4v) is 2.70. The van der Waals surface area contributed by atoms with Gasteiger partial charge in [0.2, 0.25) is 0 Å². The molecule has 1 heterocycles. The molecule has 0 radical (unpaired) electrons. The maximum absolute atomic E-state index is 12.0. The molecule has 7 heteroatoms. The maximum atomic E-state index is 12.0. The third kappa shape index (κ3) is 6.63. The number of aryl methyl sites for hydroxylation is 1. The molecule has 6 nitrogen and oxygen atoms in total. The molecule has 3 N–H and O–H groups in total. The van der Waals surface area contributed by atoms with E-state index >= 15 is 0 Å². The van der Waals surface area contributed by atoms with Crippen molar-refractivity contribution in [3.05, 3.63) is 89.4 Å². The van der Waals surface area contributed by atoms with Gasteiger partial charge >= 0.3 is 0 Å². The van der Waals surface area contributed by atoms with Gasteiger partial charge in [-0.3, -0.25) is 9.79 Å². The summed E-state index contributed by atoms with van der Waals surface area (Å²) in [6.45, 7) is 3.43. The zero-order valence-corrected chi connectivity index (χ0v) is 18.8. The molecule has 0 aliphatic carbocycles. The van der Waals surface area contributed by atoms with E-state index in [0.717, 1.165) is 11.5 Å². The van der Waals surface area contributed by atoms with Gasteiger partial charge in [-0.2, -0.15) is 0 Å². The summed E-state index contributed by atoms with van der Waals surface area (Å²) in [4.78, 5) is 16.2. The van der Waals surface area contributed by atoms with E-state index in [-0.39, 0.29) is 35.6 Å². The summed E-state index contributed by atoms with van der Waals surface area (Å²) >= 11 is 0. The number of anilines is 1. The number of amides is 1. The van der Waals surface area contributed by atoms with Gasteiger partial charge in [0.15, 0.2) is 11.7 Å². The number of halogens is 1. The van der Waals surface area contributed by atoms with Crippen LogP contribution in [0.1, 0.15) is 27.2 Å². The predicted molar refractivity (Wildman–Crippen MR) is 127 cm³/mol. The van der Waals surface area contributed by atoms with Gasteiger partial charge in [-0.05, 0) is 47.9 Å². The van der Waals surface area contributed by atoms with Crippen LogP contribution in [0.2, 0.25) is 0 Å². The number of carbonyl (C=O) groups excluding carboxylic acids is 1. The first-order valence-electron chi connectivity index (χ1n) is 9.08. The van der Waals surface area contributed by atoms with Crippen molar-refractivity contribution < 1.29 is 9.21 Å². The van der Waals surface area contributed by atoms with E-state index in [1.807, 2.05) is 36.4 Å². The van der Waals surface area contributed by atoms with E-state index in [0.29, 0.717) is 18.8 Å². The lowest BCUT2D eigenvalue weighted by Gasteiger charge is -2.13. The van der Waals surface area contributed by atoms with Crippen LogP contribution >= 0.6 is 24.0 Å². The van der Waals surface area contributed by atoms with Crippen molar-refractivity contribution in [1.82, 2.24) is 10.6 Å². The van der Waals surface area contributed by atoms with Gasteiger partial charge in [0, 0.05) is 25.8 Å². The number of guanidine groups is 1. The molecule has 0 aliphatic heterocycles. The van der Waals surface area contributed by atoms with Crippen LogP contribution in [0.3, 0.4) is 0 Å². The SMILES string of the molecule is CN=C(NCc1ccc(NC(=O)c2ccco2)cc1)NCc1ccccc1C.I. The largest absolute Gasteiger partial charge is 0.459 e. The summed E-state index contributed by atoms with van der Waals surface area (Å²) in [5, 5.41) is 9.42. The number of nitrogens with one attached hydrogen (secondary N) is 3. The van der Waals surface area contributed by atoms with E-state index in [1.54, 1.807) is 19.2 Å². The minimum absolute atomic E-state index is 0. The molecule has 0 saturated heterocycles. The summed E-state index contributed by atoms with van der Waals surface area (Å²) < 4.78 is 5.09. The molecule has 0 spiro atoms. The standard InChI is InChI=1S/C22H24N4O2.HI/c1-16-6-3-4-7-18(16)15-25-22(23-2)24-14-17-9-11-19(12-10-17)26-21(27)20-8-5-13-28-20;/h3-13H,14-15H2,1-2H3,(H,26,27)(H2,23,24,25);1H. The van der Waals surface area contributed by atoms with Crippen molar-refractivity contribution in [1.29, 1.82) is 0 Å². The smallest absolute Gasteiger partial charge is 0.291 e. The average molecular weight is 504 g/mol. The fraction of sp³-hybridized carbons (Fsp3) is 0.182. The van der Waals surface area contributed by atoms with Crippen LogP contribution < -0.4 is 16.0 Å². The number of carbonyl (C=O) groups is 1. The van der Waals surface area contributed by atoms with Crippen molar-refractivity contribution in [2.45, 2.75) is 20.0 Å². The Morgan fingerprint density at radius 3 is 2.34 bits per heavy atom. The Kier molecular flexibility index (Phi) is 8.72. The average Bonchev–Trinajstić information content (AvgIpc) is 3.25. The second-order valence-electron chi connectivity index (χ2n) is 6.33. The molecule has 1 amide bonds. The number of furan rings is 1. The van der Waals surface area contributed by atoms with E-state index in [9.17, 15) is 4.79 Å². The van der Waals surface area contributed by atoms with E-state index in [2.05, 4.69) is 40.0 Å². The molecule has 29 heavy (non-hydrogen) atoms. The van der Waals surface area contributed by atoms with Crippen LogP contribution in [0.5, 0.6) is 0 Å². The summed E-state index contributed by atoms with van der Waals surface area (Å²) in [6, 6.07) is 19.2. The van der Waals surface area contributed by atoms with E-state index in [1.165, 1.54) is 17.4 Å². The number of aliphatic imine (C=N–C) groups is 1. The van der Waals surface area contributed by atoms with E-state index < -0.39 is 0 Å². The molecule has 0 unspecified atom stereocenters. The molecule has 1 aromatic heterocycles. The van der Waals surface area contributed by atoms with Gasteiger partial charge in [-0.1, -0.05) is 36.4 Å². The lowest BCUT2D eigenvalue weighted by molar-refractivity contribution is 0.0996. The van der Waals surface area contributed by atoms with Gasteiger partial charge in [0.1, 0.15) is 0 Å². The maximum Gasteiger partial charge on any atom is 0.291 e. The number of nitrogens with zero attached hydrogens (tertiary/aromatic N) is 1. The van der Waals surface area contributed by atoms with Crippen LogP contribution in [0.25, 0.3) is 0 Å². The molecule has 3 rings (SSSR count). The second-order valence-corrected chi connectivity index (χ2v) is 6.33. The van der Waals surface area contributed by atoms with Crippen molar-refractivity contribution in [3.63, 3.8) is 0 Å². The van der Waals surface area contributed by atoms with Gasteiger partial charge in [0.25, 0.3) is 5.91 Å². The van der Waals surface area contributed by atoms with Gasteiger partial charge < -0.3 is 20.4 Å². The van der Waals surface area contributed by atoms with Crippen LogP contribution in [-0.2, 0) is 13.1 Å². The van der Waals surface area contributed by atoms with Crippen LogP contribution in [0.15, 0.2) is 76.3 Å². The number of hydrogen-bond donors (Lipinski definition) is 3. The van der Waals surface area contributed by atoms with Crippen molar-refractivity contribution in [3.8, 4) is 0 Å². The van der Waals surface area contributed by atoms with Crippen molar-refractivity contribution in [2.24, 2.45) is 4.99 Å². The first kappa shape index (κ1) is 22.5. The van der Waals surface area contributed by atoms with Crippen LogP contribution in [-0.4, -0.2) is 18.9 Å². The highest BCUT2D eigenvalue weighted by Gasteiger charge is 2.08. The Bertz CT molecular complexity index is 938. The van der Waals surface area contributed by atoms with Crippen molar-refractivity contribution >= 4 is 41.5 Å². The van der Waals surface area contributed by atoms with E-state index in [4.69, 9.17) is 4.42 Å². The summed E-state index contributed by atoms with van der Waals surface area (Å²) in [5.74, 6) is 0.754. The zero-order chi connectivity index (χ0) is 19.8. The van der Waals surface area contributed by atoms with Gasteiger partial charge in [0.05, 0.1) is 6.26 Å². The quantitative estimate of drug-likeness (QED) is 0.266. The lowest BCUT2D eigenvalue weighted by Crippen LogP contribution is -2.36. The molecular weight excluding hydrogens is 479 g/mol. The topological polar surface area (TPSA) is 78.7 Å². The Labute approximate surface area is 187 Å². The molecule has 0 bridgehead atoms. The van der Waals surface area contributed by atoms with Crippen molar-refractivity contribution in [2.75, 3.05) is 12.4 Å². The Morgan fingerprint density at radius 2 is 1.69 bits per heavy atom. The molecule has 3 aromatic rings. The van der Waals surface area contributed by atoms with Gasteiger partial charge in [-0.25, -0.2) is 0 Å². The minimum atomic E-state index is -0.267. The summed E-state index contributed by atoms with van der Waals surface area (Å²) in [7, 11) is 1.75. The molecule has 0 atom stereocenters. The number of benzene rings is 2. The fourth-order valence-electron chi connectivity index (χ4n) is 2.70. The first-order chi connectivity index (χ1) is 13.7. The van der Waals surface area contributed by atoms with Crippen LogP contribution in [0.4, 0.5) is 5.69 Å². The first-order valence-corrected chi connectivity index (χ1v) is 9.08. The minimum Gasteiger partial charge on any atom is -0.459 e. The molecule has 2 aromatic carbocycles. The second kappa shape index (κ2) is 11.3. The van der Waals surface area contributed by atoms with Crippen LogP contribution in [0, 0.1) is 6.92 Å². The van der Waals surface area contributed by atoms with Gasteiger partial charge in [-0.15, -0.1) is 24.0 Å². The third-order valence-corrected chi connectivity index (χ3v) is 4.35. The molecule has 0 saturated carbocycles. The highest BCUT2D eigenvalue weighted by molar-refractivity contribution is 14.0. The molecular formula is C22H25IN4O2. The highest BCUT2D eigenvalue weighted by Crippen LogP contribution is 2.12. The highest BCUT2D eigenvalue weighted by atomic mass is 127. The Morgan fingerprint density at radius 1 is 0.966 bits per heavy atom. The Hall–Kier alpha value is -2.81. The number of rotatable bonds is 6. The third-order valence-electron chi connectivity index (χ3n) is 4.35. The lowest BCUT2D eigenvalue weighted by atomic mass is 10.1.